The van der Waals surface area contributed by atoms with Crippen molar-refractivity contribution in [3.63, 3.8) is 0 Å². The number of aryl methyl sites for hydroxylation is 2. The number of imide groups is 1. The molecule has 0 unspecified atom stereocenters. The fourth-order valence-electron chi connectivity index (χ4n) is 4.66. The van der Waals surface area contributed by atoms with Crippen molar-refractivity contribution in [2.45, 2.75) is 65.8 Å². The molecule has 1 aromatic rings. The first-order valence-electron chi connectivity index (χ1n) is 10.8. The lowest BCUT2D eigenvalue weighted by molar-refractivity contribution is -0.147. The molecular formula is C24H32N2O5. The van der Waals surface area contributed by atoms with Crippen molar-refractivity contribution in [3.8, 4) is 0 Å². The summed E-state index contributed by atoms with van der Waals surface area (Å²) in [5.41, 5.74) is 1.56. The Morgan fingerprint density at radius 1 is 1.16 bits per heavy atom. The van der Waals surface area contributed by atoms with Gasteiger partial charge in [-0.25, -0.2) is 4.79 Å². The monoisotopic (exact) mass is 428 g/mol. The molecule has 31 heavy (non-hydrogen) atoms. The lowest BCUT2D eigenvalue weighted by Gasteiger charge is -2.40. The lowest BCUT2D eigenvalue weighted by Crippen LogP contribution is -2.50. The number of hydrogen-bond acceptors (Lipinski definition) is 5. The quantitative estimate of drug-likeness (QED) is 0.440. The molecule has 1 aliphatic carbocycles. The van der Waals surface area contributed by atoms with Gasteiger partial charge in [0.05, 0.1) is 0 Å². The van der Waals surface area contributed by atoms with Crippen molar-refractivity contribution < 1.29 is 23.9 Å². The van der Waals surface area contributed by atoms with Crippen LogP contribution >= 0.6 is 0 Å². The van der Waals surface area contributed by atoms with Crippen LogP contribution in [0.3, 0.4) is 0 Å². The van der Waals surface area contributed by atoms with E-state index in [9.17, 15) is 19.2 Å². The minimum atomic E-state index is -0.923. The molecule has 1 spiro atoms. The van der Waals surface area contributed by atoms with Crippen LogP contribution in [0.15, 0.2) is 18.2 Å². The zero-order chi connectivity index (χ0) is 23.0. The predicted octanol–water partition coefficient (Wildman–Crippen LogP) is 3.56. The van der Waals surface area contributed by atoms with E-state index < -0.39 is 30.7 Å². The fraction of sp³-hybridized carbons (Fsp3) is 0.583. The number of hydrogen-bond donors (Lipinski definition) is 1. The van der Waals surface area contributed by atoms with Gasteiger partial charge in [-0.1, -0.05) is 44.5 Å². The summed E-state index contributed by atoms with van der Waals surface area (Å²) in [6.07, 6.45) is 2.82. The van der Waals surface area contributed by atoms with Crippen molar-refractivity contribution in [3.05, 3.63) is 34.9 Å². The fourth-order valence-corrected chi connectivity index (χ4v) is 4.66. The van der Waals surface area contributed by atoms with Gasteiger partial charge in [-0.05, 0) is 56.4 Å². The van der Waals surface area contributed by atoms with Crippen molar-refractivity contribution in [1.82, 2.24) is 10.2 Å². The third-order valence-electron chi connectivity index (χ3n) is 6.64. The molecule has 3 amide bonds. The molecule has 7 heteroatoms. The van der Waals surface area contributed by atoms with Crippen LogP contribution in [0.1, 0.15) is 67.9 Å². The summed E-state index contributed by atoms with van der Waals surface area (Å²) in [5, 5.41) is 2.81. The van der Waals surface area contributed by atoms with Gasteiger partial charge in [0.15, 0.2) is 6.61 Å². The third-order valence-corrected chi connectivity index (χ3v) is 6.64. The number of nitrogens with zero attached hydrogens (tertiary/aromatic N) is 1. The Bertz CT molecular complexity index is 907. The zero-order valence-electron chi connectivity index (χ0n) is 19.0. The Morgan fingerprint density at radius 3 is 2.39 bits per heavy atom. The number of rotatable bonds is 5. The maximum absolute atomic E-state index is 13.0. The number of amides is 3. The molecule has 3 rings (SSSR count). The average molecular weight is 429 g/mol. The second-order valence-electron chi connectivity index (χ2n) is 9.95. The summed E-state index contributed by atoms with van der Waals surface area (Å²) in [6.45, 7) is 9.40. The summed E-state index contributed by atoms with van der Waals surface area (Å²) < 4.78 is 5.08. The summed E-state index contributed by atoms with van der Waals surface area (Å²) in [4.78, 5) is 51.0. The lowest BCUT2D eigenvalue weighted by atomic mass is 9.67. The highest BCUT2D eigenvalue weighted by Crippen LogP contribution is 2.43. The van der Waals surface area contributed by atoms with E-state index in [-0.39, 0.29) is 17.1 Å². The molecule has 7 nitrogen and oxygen atoms in total. The molecule has 2 aliphatic rings. The molecule has 1 saturated heterocycles. The first-order valence-corrected chi connectivity index (χ1v) is 10.8. The van der Waals surface area contributed by atoms with Gasteiger partial charge < -0.3 is 10.1 Å². The Balaban J connectivity index is 1.56. The second kappa shape index (κ2) is 8.44. The zero-order valence-corrected chi connectivity index (χ0v) is 19.0. The highest BCUT2D eigenvalue weighted by molar-refractivity contribution is 6.09. The number of carbonyl (C=O) groups is 4. The maximum Gasteiger partial charge on any atom is 0.326 e. The van der Waals surface area contributed by atoms with Crippen LogP contribution < -0.4 is 5.32 Å². The summed E-state index contributed by atoms with van der Waals surface area (Å²) in [6, 6.07) is 4.84. The molecule has 0 radical (unpaired) electrons. The highest BCUT2D eigenvalue weighted by atomic mass is 16.5. The Kier molecular flexibility index (Phi) is 6.25. The minimum Gasteiger partial charge on any atom is -0.456 e. The predicted molar refractivity (Wildman–Crippen MR) is 116 cm³/mol. The molecule has 168 valence electrons. The van der Waals surface area contributed by atoms with Crippen LogP contribution in [0.5, 0.6) is 0 Å². The largest absolute Gasteiger partial charge is 0.456 e. The first-order chi connectivity index (χ1) is 14.4. The van der Waals surface area contributed by atoms with Crippen molar-refractivity contribution in [2.75, 3.05) is 13.2 Å². The first kappa shape index (κ1) is 23.0. The Hall–Kier alpha value is -2.70. The standard InChI is InChI=1S/C24H32N2O5/c1-15-6-7-18(16(2)12-15)19(27)14-31-20(28)13-26-21(29)24(25-22(26)30)10-8-17(9-11-24)23(3,4)5/h6-7,12,17H,8-11,13-14H2,1-5H3,(H,25,30). The van der Waals surface area contributed by atoms with Crippen LogP contribution in [0.25, 0.3) is 0 Å². The molecule has 1 aromatic carbocycles. The van der Waals surface area contributed by atoms with E-state index in [2.05, 4.69) is 26.1 Å². The molecule has 1 heterocycles. The van der Waals surface area contributed by atoms with E-state index in [1.165, 1.54) is 0 Å². The topological polar surface area (TPSA) is 92.8 Å². The SMILES string of the molecule is Cc1ccc(C(=O)COC(=O)CN2C(=O)NC3(CCC(C(C)(C)C)CC3)C2=O)c(C)c1. The minimum absolute atomic E-state index is 0.152. The molecule has 2 fully saturated rings. The summed E-state index contributed by atoms with van der Waals surface area (Å²) in [5.74, 6) is -0.984. The van der Waals surface area contributed by atoms with E-state index in [1.54, 1.807) is 6.07 Å². The van der Waals surface area contributed by atoms with Gasteiger partial charge in [0.25, 0.3) is 5.91 Å². The molecule has 0 aromatic heterocycles. The van der Waals surface area contributed by atoms with Gasteiger partial charge in [-0.3, -0.25) is 19.3 Å². The Labute approximate surface area is 183 Å². The number of carbonyl (C=O) groups excluding carboxylic acids is 4. The second-order valence-corrected chi connectivity index (χ2v) is 9.95. The molecule has 0 atom stereocenters. The molecule has 0 bridgehead atoms. The summed E-state index contributed by atoms with van der Waals surface area (Å²) in [7, 11) is 0. The molecule has 1 N–H and O–H groups in total. The van der Waals surface area contributed by atoms with E-state index >= 15 is 0 Å². The van der Waals surface area contributed by atoms with Crippen LogP contribution in [0.2, 0.25) is 0 Å². The van der Waals surface area contributed by atoms with Gasteiger partial charge in [0, 0.05) is 5.56 Å². The van der Waals surface area contributed by atoms with Crippen molar-refractivity contribution in [1.29, 1.82) is 0 Å². The van der Waals surface area contributed by atoms with E-state index in [0.717, 1.165) is 28.9 Å². The number of esters is 1. The average Bonchev–Trinajstić information content (AvgIpc) is 2.90. The van der Waals surface area contributed by atoms with Gasteiger partial charge in [-0.15, -0.1) is 0 Å². The number of nitrogens with one attached hydrogen (secondary N) is 1. The van der Waals surface area contributed by atoms with E-state index in [1.807, 2.05) is 26.0 Å². The summed E-state index contributed by atoms with van der Waals surface area (Å²) >= 11 is 0. The third kappa shape index (κ3) is 4.81. The number of Topliss-reactive ketones (excluding diaryl/α,β-unsaturated/α-hetero) is 1. The maximum atomic E-state index is 13.0. The van der Waals surface area contributed by atoms with Gasteiger partial charge in [-0.2, -0.15) is 0 Å². The van der Waals surface area contributed by atoms with Crippen LogP contribution in [-0.2, 0) is 14.3 Å². The van der Waals surface area contributed by atoms with Crippen molar-refractivity contribution in [2.24, 2.45) is 11.3 Å². The van der Waals surface area contributed by atoms with Crippen LogP contribution in [-0.4, -0.2) is 47.3 Å². The van der Waals surface area contributed by atoms with Gasteiger partial charge >= 0.3 is 12.0 Å². The number of benzene rings is 1. The normalized spacial score (nSPS) is 23.8. The number of ketones is 1. The molecule has 1 saturated carbocycles. The van der Waals surface area contributed by atoms with Gasteiger partial charge in [0.1, 0.15) is 12.1 Å². The number of ether oxygens (including phenoxy) is 1. The van der Waals surface area contributed by atoms with Crippen LogP contribution in [0.4, 0.5) is 4.79 Å². The van der Waals surface area contributed by atoms with E-state index in [4.69, 9.17) is 4.74 Å². The highest BCUT2D eigenvalue weighted by Gasteiger charge is 2.53. The molecular weight excluding hydrogens is 396 g/mol. The molecule has 1 aliphatic heterocycles. The Morgan fingerprint density at radius 2 is 1.81 bits per heavy atom. The van der Waals surface area contributed by atoms with E-state index in [0.29, 0.717) is 24.3 Å². The smallest absolute Gasteiger partial charge is 0.326 e. The van der Waals surface area contributed by atoms with Crippen LogP contribution in [0, 0.1) is 25.2 Å². The van der Waals surface area contributed by atoms with Crippen molar-refractivity contribution >= 4 is 23.7 Å². The van der Waals surface area contributed by atoms with Gasteiger partial charge in [0.2, 0.25) is 5.78 Å². The number of urea groups is 1.